The molecule has 7 nitrogen and oxygen atoms in total. The second-order valence-electron chi connectivity index (χ2n) is 6.47. The Labute approximate surface area is 186 Å². The predicted molar refractivity (Wildman–Crippen MR) is 121 cm³/mol. The number of hydrogen-bond donors (Lipinski definition) is 1. The van der Waals surface area contributed by atoms with Gasteiger partial charge in [0.2, 0.25) is 5.55 Å². The zero-order valence-electron chi connectivity index (χ0n) is 16.8. The number of ether oxygens (including phenoxy) is 2. The quantitative estimate of drug-likeness (QED) is 0.430. The SMILES string of the molecule is COc1ccc(N=c2oc3ccc(Br)cc3cc2C(=O)Nc2ccccn2)c(OC)c1. The third kappa shape index (κ3) is 4.59. The van der Waals surface area contributed by atoms with Crippen LogP contribution in [0.2, 0.25) is 0 Å². The van der Waals surface area contributed by atoms with Crippen molar-refractivity contribution in [1.29, 1.82) is 0 Å². The summed E-state index contributed by atoms with van der Waals surface area (Å²) in [6.07, 6.45) is 1.60. The third-order valence-electron chi connectivity index (χ3n) is 4.47. The van der Waals surface area contributed by atoms with Crippen LogP contribution in [-0.4, -0.2) is 25.1 Å². The predicted octanol–water partition coefficient (Wildman–Crippen LogP) is 5.09. The van der Waals surface area contributed by atoms with Gasteiger partial charge >= 0.3 is 0 Å². The Morgan fingerprint density at radius 1 is 1.06 bits per heavy atom. The zero-order valence-corrected chi connectivity index (χ0v) is 18.3. The van der Waals surface area contributed by atoms with E-state index in [1.807, 2.05) is 18.2 Å². The molecule has 2 aromatic heterocycles. The van der Waals surface area contributed by atoms with Crippen molar-refractivity contribution in [2.45, 2.75) is 0 Å². The summed E-state index contributed by atoms with van der Waals surface area (Å²) >= 11 is 3.45. The lowest BCUT2D eigenvalue weighted by Gasteiger charge is -2.09. The number of hydrogen-bond acceptors (Lipinski definition) is 6. The standard InChI is InChI=1S/C23H18BrN3O4/c1-29-16-7-8-18(20(13-16)30-2)26-23-17(22(28)27-21-5-3-4-10-25-21)12-14-11-15(24)6-9-19(14)31-23/h3-13H,1-2H3,(H,25,27,28). The van der Waals surface area contributed by atoms with E-state index in [1.165, 1.54) is 7.11 Å². The van der Waals surface area contributed by atoms with Gasteiger partial charge in [0.1, 0.15) is 34.2 Å². The van der Waals surface area contributed by atoms with E-state index in [2.05, 4.69) is 31.2 Å². The van der Waals surface area contributed by atoms with Crippen LogP contribution in [0.4, 0.5) is 11.5 Å². The maximum absolute atomic E-state index is 13.1. The van der Waals surface area contributed by atoms with Gasteiger partial charge in [-0.25, -0.2) is 9.98 Å². The van der Waals surface area contributed by atoms with E-state index in [0.29, 0.717) is 28.6 Å². The van der Waals surface area contributed by atoms with Gasteiger partial charge in [0.25, 0.3) is 5.91 Å². The van der Waals surface area contributed by atoms with E-state index in [4.69, 9.17) is 13.9 Å². The monoisotopic (exact) mass is 479 g/mol. The normalized spacial score (nSPS) is 11.4. The molecular formula is C23H18BrN3O4. The maximum Gasteiger partial charge on any atom is 0.262 e. The van der Waals surface area contributed by atoms with E-state index >= 15 is 0 Å². The average molecular weight is 480 g/mol. The fraction of sp³-hybridized carbons (Fsp3) is 0.0870. The molecule has 2 heterocycles. The molecule has 1 amide bonds. The van der Waals surface area contributed by atoms with Gasteiger partial charge in [-0.2, -0.15) is 0 Å². The smallest absolute Gasteiger partial charge is 0.262 e. The fourth-order valence-corrected chi connectivity index (χ4v) is 3.33. The summed E-state index contributed by atoms with van der Waals surface area (Å²) in [6.45, 7) is 0. The summed E-state index contributed by atoms with van der Waals surface area (Å²) in [5, 5.41) is 3.53. The number of pyridine rings is 1. The molecular weight excluding hydrogens is 462 g/mol. The Morgan fingerprint density at radius 2 is 1.94 bits per heavy atom. The van der Waals surface area contributed by atoms with Gasteiger partial charge in [0, 0.05) is 22.1 Å². The highest BCUT2D eigenvalue weighted by Crippen LogP contribution is 2.31. The van der Waals surface area contributed by atoms with Crippen LogP contribution in [0.1, 0.15) is 10.4 Å². The van der Waals surface area contributed by atoms with Crippen LogP contribution in [0.3, 0.4) is 0 Å². The van der Waals surface area contributed by atoms with Crippen molar-refractivity contribution in [2.24, 2.45) is 4.99 Å². The van der Waals surface area contributed by atoms with Crippen molar-refractivity contribution in [3.8, 4) is 11.5 Å². The van der Waals surface area contributed by atoms with Gasteiger partial charge in [-0.05, 0) is 48.5 Å². The van der Waals surface area contributed by atoms with Crippen molar-refractivity contribution in [3.63, 3.8) is 0 Å². The molecule has 0 spiro atoms. The van der Waals surface area contributed by atoms with Gasteiger partial charge in [0.05, 0.1) is 14.2 Å². The zero-order chi connectivity index (χ0) is 21.8. The van der Waals surface area contributed by atoms with Crippen LogP contribution in [0.15, 0.2) is 80.7 Å². The minimum Gasteiger partial charge on any atom is -0.497 e. The number of nitrogens with zero attached hydrogens (tertiary/aromatic N) is 2. The summed E-state index contributed by atoms with van der Waals surface area (Å²) in [6, 6.07) is 17.7. The summed E-state index contributed by atoms with van der Waals surface area (Å²) in [7, 11) is 3.11. The van der Waals surface area contributed by atoms with E-state index in [-0.39, 0.29) is 11.1 Å². The molecule has 0 unspecified atom stereocenters. The molecule has 0 saturated heterocycles. The number of nitrogens with one attached hydrogen (secondary N) is 1. The van der Waals surface area contributed by atoms with Crippen molar-refractivity contribution in [1.82, 2.24) is 4.98 Å². The van der Waals surface area contributed by atoms with Gasteiger partial charge in [0.15, 0.2) is 0 Å². The highest BCUT2D eigenvalue weighted by atomic mass is 79.9. The molecule has 0 fully saturated rings. The molecule has 0 radical (unpaired) electrons. The molecule has 0 aliphatic heterocycles. The fourth-order valence-electron chi connectivity index (χ4n) is 2.95. The average Bonchev–Trinajstić information content (AvgIpc) is 2.79. The van der Waals surface area contributed by atoms with Crippen molar-refractivity contribution < 1.29 is 18.7 Å². The van der Waals surface area contributed by atoms with Gasteiger partial charge in [-0.1, -0.05) is 22.0 Å². The number of anilines is 1. The van der Waals surface area contributed by atoms with Crippen LogP contribution in [0.25, 0.3) is 11.0 Å². The molecule has 8 heteroatoms. The number of fused-ring (bicyclic) bond motifs is 1. The Kier molecular flexibility index (Phi) is 5.99. The van der Waals surface area contributed by atoms with E-state index < -0.39 is 5.91 Å². The number of rotatable bonds is 5. The Balaban J connectivity index is 1.89. The molecule has 4 aromatic rings. The van der Waals surface area contributed by atoms with E-state index in [0.717, 1.165) is 9.86 Å². The van der Waals surface area contributed by atoms with Gasteiger partial charge in [-0.15, -0.1) is 0 Å². The molecule has 0 aliphatic rings. The van der Waals surface area contributed by atoms with Crippen LogP contribution >= 0.6 is 15.9 Å². The van der Waals surface area contributed by atoms with Gasteiger partial charge in [-0.3, -0.25) is 4.79 Å². The van der Waals surface area contributed by atoms with Gasteiger partial charge < -0.3 is 19.2 Å². The Hall–Kier alpha value is -3.65. The van der Waals surface area contributed by atoms with Crippen molar-refractivity contribution in [3.05, 3.63) is 82.5 Å². The number of benzene rings is 2. The maximum atomic E-state index is 13.1. The second kappa shape index (κ2) is 9.01. The number of amides is 1. The van der Waals surface area contributed by atoms with Crippen LogP contribution < -0.4 is 20.3 Å². The lowest BCUT2D eigenvalue weighted by molar-refractivity contribution is 0.102. The molecule has 0 aliphatic carbocycles. The highest BCUT2D eigenvalue weighted by molar-refractivity contribution is 9.10. The second-order valence-corrected chi connectivity index (χ2v) is 7.38. The largest absolute Gasteiger partial charge is 0.497 e. The van der Waals surface area contributed by atoms with Crippen LogP contribution in [0.5, 0.6) is 11.5 Å². The topological polar surface area (TPSA) is 86.0 Å². The summed E-state index contributed by atoms with van der Waals surface area (Å²) < 4.78 is 17.5. The molecule has 0 bridgehead atoms. The molecule has 156 valence electrons. The minimum atomic E-state index is -0.393. The first-order valence-electron chi connectivity index (χ1n) is 9.30. The lowest BCUT2D eigenvalue weighted by atomic mass is 10.1. The third-order valence-corrected chi connectivity index (χ3v) is 4.96. The Morgan fingerprint density at radius 3 is 2.68 bits per heavy atom. The highest BCUT2D eigenvalue weighted by Gasteiger charge is 2.15. The lowest BCUT2D eigenvalue weighted by Crippen LogP contribution is -2.22. The van der Waals surface area contributed by atoms with Crippen LogP contribution in [-0.2, 0) is 0 Å². The first-order valence-corrected chi connectivity index (χ1v) is 10.1. The minimum absolute atomic E-state index is 0.145. The van der Waals surface area contributed by atoms with Crippen molar-refractivity contribution >= 4 is 44.3 Å². The number of methoxy groups -OCH3 is 2. The first-order chi connectivity index (χ1) is 15.1. The molecule has 31 heavy (non-hydrogen) atoms. The van der Waals surface area contributed by atoms with E-state index in [1.54, 1.807) is 55.8 Å². The summed E-state index contributed by atoms with van der Waals surface area (Å²) in [5.74, 6) is 1.15. The summed E-state index contributed by atoms with van der Waals surface area (Å²) in [5.41, 5.74) is 1.49. The Bertz CT molecular complexity index is 1320. The number of carbonyl (C=O) groups excluding carboxylic acids is 1. The molecule has 2 aromatic carbocycles. The number of halogens is 1. The van der Waals surface area contributed by atoms with E-state index in [9.17, 15) is 4.79 Å². The molecule has 4 rings (SSSR count). The molecule has 0 saturated carbocycles. The molecule has 1 N–H and O–H groups in total. The number of carbonyl (C=O) groups is 1. The van der Waals surface area contributed by atoms with Crippen LogP contribution in [0, 0.1) is 0 Å². The number of aromatic nitrogens is 1. The van der Waals surface area contributed by atoms with Crippen molar-refractivity contribution in [2.75, 3.05) is 19.5 Å². The first kappa shape index (κ1) is 20.6. The summed E-state index contributed by atoms with van der Waals surface area (Å²) in [4.78, 5) is 21.8. The molecule has 0 atom stereocenters.